The monoisotopic (exact) mass is 347 g/mol. The van der Waals surface area contributed by atoms with Crippen LogP contribution < -0.4 is 16.0 Å². The quantitative estimate of drug-likeness (QED) is 0.657. The Hall–Kier alpha value is -2.33. The fourth-order valence-electron chi connectivity index (χ4n) is 3.73. The first-order valence-corrected chi connectivity index (χ1v) is 8.55. The number of carbonyl (C=O) groups is 1. The van der Waals surface area contributed by atoms with Gasteiger partial charge in [0.05, 0.1) is 18.4 Å². The van der Waals surface area contributed by atoms with Gasteiger partial charge in [0, 0.05) is 17.1 Å². The van der Waals surface area contributed by atoms with Crippen LogP contribution in [0, 0.1) is 5.92 Å². The van der Waals surface area contributed by atoms with Crippen LogP contribution in [0.4, 0.5) is 0 Å². The lowest BCUT2D eigenvalue weighted by Gasteiger charge is -2.37. The summed E-state index contributed by atoms with van der Waals surface area (Å²) >= 11 is 0. The number of nitrogens with one attached hydrogen (secondary N) is 3. The molecular formula is C15H21N7O3. The van der Waals surface area contributed by atoms with Crippen LogP contribution in [0.3, 0.4) is 0 Å². The van der Waals surface area contributed by atoms with Crippen molar-refractivity contribution in [1.82, 2.24) is 36.7 Å². The van der Waals surface area contributed by atoms with Gasteiger partial charge >= 0.3 is 0 Å². The molecule has 3 atom stereocenters. The highest BCUT2D eigenvalue weighted by molar-refractivity contribution is 5.87. The molecule has 4 heterocycles. The number of rotatable bonds is 5. The van der Waals surface area contributed by atoms with E-state index in [0.717, 1.165) is 19.5 Å². The first-order valence-electron chi connectivity index (χ1n) is 8.55. The van der Waals surface area contributed by atoms with E-state index in [9.17, 15) is 4.79 Å². The standard InChI is InChI=1S/C15H21N7O3/c23-14(18-7-10-1-3-16-6-10)15(13-9-20-22-25-13)2-4-17-11(5-15)12-8-19-21-24-12/h8-11,16-17H,1-7H2,(H,18,23). The molecule has 0 saturated carbocycles. The summed E-state index contributed by atoms with van der Waals surface area (Å²) < 4.78 is 10.5. The molecule has 4 rings (SSSR count). The van der Waals surface area contributed by atoms with Crippen molar-refractivity contribution in [1.29, 1.82) is 0 Å². The Morgan fingerprint density at radius 2 is 2.16 bits per heavy atom. The average molecular weight is 347 g/mol. The first kappa shape index (κ1) is 16.2. The second-order valence-corrected chi connectivity index (χ2v) is 6.71. The lowest BCUT2D eigenvalue weighted by atomic mass is 9.73. The highest BCUT2D eigenvalue weighted by Gasteiger charge is 2.48. The van der Waals surface area contributed by atoms with E-state index < -0.39 is 5.41 Å². The molecule has 3 unspecified atom stereocenters. The van der Waals surface area contributed by atoms with Gasteiger partial charge in [-0.3, -0.25) is 4.79 Å². The summed E-state index contributed by atoms with van der Waals surface area (Å²) in [5.41, 5.74) is -0.835. The highest BCUT2D eigenvalue weighted by atomic mass is 16.5. The van der Waals surface area contributed by atoms with Gasteiger partial charge in [-0.05, 0) is 44.8 Å². The van der Waals surface area contributed by atoms with Gasteiger partial charge in [-0.2, -0.15) is 0 Å². The topological polar surface area (TPSA) is 131 Å². The lowest BCUT2D eigenvalue weighted by Crippen LogP contribution is -2.52. The molecule has 2 aromatic heterocycles. The van der Waals surface area contributed by atoms with Crippen molar-refractivity contribution in [3.8, 4) is 0 Å². The summed E-state index contributed by atoms with van der Waals surface area (Å²) in [6.07, 6.45) is 5.23. The summed E-state index contributed by atoms with van der Waals surface area (Å²) in [6.45, 7) is 3.22. The van der Waals surface area contributed by atoms with Gasteiger partial charge in [0.1, 0.15) is 5.41 Å². The Kier molecular flexibility index (Phi) is 4.45. The molecule has 2 saturated heterocycles. The van der Waals surface area contributed by atoms with Crippen LogP contribution in [0.15, 0.2) is 21.4 Å². The van der Waals surface area contributed by atoms with E-state index >= 15 is 0 Å². The van der Waals surface area contributed by atoms with Gasteiger partial charge in [-0.15, -0.1) is 10.2 Å². The first-order chi connectivity index (χ1) is 12.3. The van der Waals surface area contributed by atoms with Crippen LogP contribution in [0.25, 0.3) is 0 Å². The zero-order valence-electron chi connectivity index (χ0n) is 13.8. The van der Waals surface area contributed by atoms with Crippen LogP contribution >= 0.6 is 0 Å². The molecule has 25 heavy (non-hydrogen) atoms. The van der Waals surface area contributed by atoms with E-state index in [0.29, 0.717) is 43.4 Å². The van der Waals surface area contributed by atoms with Gasteiger partial charge in [0.15, 0.2) is 11.5 Å². The number of amides is 1. The summed E-state index contributed by atoms with van der Waals surface area (Å²) in [5.74, 6) is 1.49. The Morgan fingerprint density at radius 3 is 2.88 bits per heavy atom. The molecule has 10 heteroatoms. The summed E-state index contributed by atoms with van der Waals surface area (Å²) in [4.78, 5) is 13.2. The number of piperidine rings is 1. The molecule has 2 fully saturated rings. The maximum absolute atomic E-state index is 13.2. The van der Waals surface area contributed by atoms with Gasteiger partial charge in [0.25, 0.3) is 0 Å². The largest absolute Gasteiger partial charge is 0.355 e. The van der Waals surface area contributed by atoms with Crippen molar-refractivity contribution in [2.75, 3.05) is 26.2 Å². The Morgan fingerprint density at radius 1 is 1.28 bits per heavy atom. The minimum atomic E-state index is -0.835. The third-order valence-electron chi connectivity index (χ3n) is 5.20. The lowest BCUT2D eigenvalue weighted by molar-refractivity contribution is -0.129. The van der Waals surface area contributed by atoms with E-state index in [1.165, 1.54) is 6.20 Å². The zero-order chi connectivity index (χ0) is 17.1. The predicted octanol–water partition coefficient (Wildman–Crippen LogP) is -0.459. The van der Waals surface area contributed by atoms with Crippen molar-refractivity contribution in [3.63, 3.8) is 0 Å². The minimum Gasteiger partial charge on any atom is -0.355 e. The number of carbonyl (C=O) groups excluding carboxylic acids is 1. The minimum absolute atomic E-state index is 0.0584. The van der Waals surface area contributed by atoms with Gasteiger partial charge in [-0.1, -0.05) is 0 Å². The number of hydrogen-bond donors (Lipinski definition) is 3. The molecule has 3 N–H and O–H groups in total. The molecule has 2 aromatic rings. The van der Waals surface area contributed by atoms with Crippen molar-refractivity contribution >= 4 is 5.91 Å². The number of aromatic nitrogens is 4. The molecule has 10 nitrogen and oxygen atoms in total. The fraction of sp³-hybridized carbons (Fsp3) is 0.667. The Bertz CT molecular complexity index is 684. The molecule has 0 aliphatic carbocycles. The molecule has 2 aliphatic rings. The second kappa shape index (κ2) is 6.89. The van der Waals surface area contributed by atoms with Crippen molar-refractivity contribution in [2.45, 2.75) is 30.7 Å². The molecular weight excluding hydrogens is 326 g/mol. The summed E-state index contributed by atoms with van der Waals surface area (Å²) in [6, 6.07) is -0.173. The van der Waals surface area contributed by atoms with E-state index in [4.69, 9.17) is 9.05 Å². The maximum atomic E-state index is 13.2. The van der Waals surface area contributed by atoms with E-state index in [2.05, 4.69) is 36.7 Å². The van der Waals surface area contributed by atoms with Crippen LogP contribution in [-0.4, -0.2) is 52.8 Å². The van der Waals surface area contributed by atoms with Crippen molar-refractivity contribution < 1.29 is 13.8 Å². The van der Waals surface area contributed by atoms with E-state index in [1.54, 1.807) is 6.20 Å². The maximum Gasteiger partial charge on any atom is 0.234 e. The summed E-state index contributed by atoms with van der Waals surface area (Å²) in [7, 11) is 0. The molecule has 0 bridgehead atoms. The average Bonchev–Trinajstić information content (AvgIpc) is 3.43. The molecule has 0 spiro atoms. The molecule has 134 valence electrons. The molecule has 1 amide bonds. The highest BCUT2D eigenvalue weighted by Crippen LogP contribution is 2.40. The number of hydrogen-bond acceptors (Lipinski definition) is 9. The van der Waals surface area contributed by atoms with Crippen LogP contribution in [0.1, 0.15) is 36.8 Å². The fourth-order valence-corrected chi connectivity index (χ4v) is 3.73. The van der Waals surface area contributed by atoms with Crippen LogP contribution in [-0.2, 0) is 10.2 Å². The SMILES string of the molecule is O=C(NCC1CCNC1)C1(c2cnno2)CCNC(c2cnno2)C1. The smallest absolute Gasteiger partial charge is 0.234 e. The Balaban J connectivity index is 1.55. The molecule has 0 aromatic carbocycles. The number of nitrogens with zero attached hydrogens (tertiary/aromatic N) is 4. The normalized spacial score (nSPS) is 29.6. The summed E-state index contributed by atoms with van der Waals surface area (Å²) in [5, 5.41) is 24.4. The van der Waals surface area contributed by atoms with Crippen molar-refractivity contribution in [2.24, 2.45) is 5.92 Å². The van der Waals surface area contributed by atoms with Crippen molar-refractivity contribution in [3.05, 3.63) is 23.9 Å². The predicted molar refractivity (Wildman–Crippen MR) is 84.2 cm³/mol. The van der Waals surface area contributed by atoms with E-state index in [-0.39, 0.29) is 11.9 Å². The molecule has 2 aliphatic heterocycles. The third kappa shape index (κ3) is 3.14. The Labute approximate surface area is 144 Å². The third-order valence-corrected chi connectivity index (χ3v) is 5.20. The van der Waals surface area contributed by atoms with Gasteiger partial charge < -0.3 is 25.0 Å². The van der Waals surface area contributed by atoms with Gasteiger partial charge in [0.2, 0.25) is 5.91 Å². The van der Waals surface area contributed by atoms with Crippen LogP contribution in [0.5, 0.6) is 0 Å². The van der Waals surface area contributed by atoms with Crippen LogP contribution in [0.2, 0.25) is 0 Å². The second-order valence-electron chi connectivity index (χ2n) is 6.71. The van der Waals surface area contributed by atoms with Gasteiger partial charge in [-0.25, -0.2) is 0 Å². The molecule has 0 radical (unpaired) electrons. The zero-order valence-corrected chi connectivity index (χ0v) is 13.8. The van der Waals surface area contributed by atoms with E-state index in [1.807, 2.05) is 0 Å².